The Morgan fingerprint density at radius 1 is 1.30 bits per heavy atom. The van der Waals surface area contributed by atoms with Gasteiger partial charge < -0.3 is 0 Å². The Kier molecular flexibility index (Phi) is 4.87. The van der Waals surface area contributed by atoms with Crippen LogP contribution in [0.1, 0.15) is 44.6 Å². The summed E-state index contributed by atoms with van der Waals surface area (Å²) in [6.07, 6.45) is 4.96. The summed E-state index contributed by atoms with van der Waals surface area (Å²) in [5, 5.41) is 0.754. The van der Waals surface area contributed by atoms with Gasteiger partial charge in [-0.05, 0) is 51.1 Å². The smallest absolute Gasteiger partial charge is 0.150 e. The average molecular weight is 294 g/mol. The third-order valence-electron chi connectivity index (χ3n) is 4.51. The summed E-state index contributed by atoms with van der Waals surface area (Å²) in [6, 6.07) is 8.05. The second-order valence-electron chi connectivity index (χ2n) is 6.10. The van der Waals surface area contributed by atoms with E-state index in [1.54, 1.807) is 0 Å². The minimum Gasteiger partial charge on any atom is -0.299 e. The van der Waals surface area contributed by atoms with Crippen molar-refractivity contribution in [2.75, 3.05) is 14.1 Å². The summed E-state index contributed by atoms with van der Waals surface area (Å²) in [4.78, 5) is 14.7. The van der Waals surface area contributed by atoms with Crippen LogP contribution in [0, 0.1) is 0 Å². The zero-order valence-electron chi connectivity index (χ0n) is 12.7. The van der Waals surface area contributed by atoms with Gasteiger partial charge >= 0.3 is 0 Å². The van der Waals surface area contributed by atoms with Gasteiger partial charge in [0.2, 0.25) is 0 Å². The van der Waals surface area contributed by atoms with Crippen LogP contribution in [0.3, 0.4) is 0 Å². The first-order chi connectivity index (χ1) is 9.51. The molecule has 1 aliphatic carbocycles. The number of carbonyl (C=O) groups is 1. The van der Waals surface area contributed by atoms with Gasteiger partial charge in [0.05, 0.1) is 6.04 Å². The lowest BCUT2D eigenvalue weighted by atomic mass is 9.58. The number of benzene rings is 1. The van der Waals surface area contributed by atoms with Crippen molar-refractivity contribution in [1.29, 1.82) is 0 Å². The molecule has 0 saturated heterocycles. The first-order valence-corrected chi connectivity index (χ1v) is 7.84. The second kappa shape index (κ2) is 6.28. The van der Waals surface area contributed by atoms with Crippen molar-refractivity contribution in [3.8, 4) is 0 Å². The van der Waals surface area contributed by atoms with Crippen molar-refractivity contribution in [2.24, 2.45) is 0 Å². The number of rotatable bonds is 6. The highest BCUT2D eigenvalue weighted by Gasteiger charge is 2.49. The SMILES string of the molecule is CCCC(=O)C(N(C)C)C1(c2ccc(Cl)cc2)CCC1. The van der Waals surface area contributed by atoms with Crippen LogP contribution < -0.4 is 0 Å². The van der Waals surface area contributed by atoms with Gasteiger partial charge in [-0.2, -0.15) is 0 Å². The van der Waals surface area contributed by atoms with Crippen LogP contribution in [0.15, 0.2) is 24.3 Å². The van der Waals surface area contributed by atoms with Gasteiger partial charge in [-0.25, -0.2) is 0 Å². The van der Waals surface area contributed by atoms with Gasteiger partial charge in [-0.15, -0.1) is 0 Å². The van der Waals surface area contributed by atoms with E-state index >= 15 is 0 Å². The summed E-state index contributed by atoms with van der Waals surface area (Å²) >= 11 is 6.00. The van der Waals surface area contributed by atoms with Gasteiger partial charge in [0.15, 0.2) is 5.78 Å². The van der Waals surface area contributed by atoms with E-state index in [2.05, 4.69) is 24.0 Å². The molecule has 0 aromatic heterocycles. The van der Waals surface area contributed by atoms with Crippen LogP contribution in [0.5, 0.6) is 0 Å². The topological polar surface area (TPSA) is 20.3 Å². The Morgan fingerprint density at radius 2 is 1.90 bits per heavy atom. The molecule has 0 radical (unpaired) electrons. The second-order valence-corrected chi connectivity index (χ2v) is 6.54. The Morgan fingerprint density at radius 3 is 2.30 bits per heavy atom. The van der Waals surface area contributed by atoms with Crippen molar-refractivity contribution in [2.45, 2.75) is 50.5 Å². The molecule has 1 saturated carbocycles. The van der Waals surface area contributed by atoms with E-state index in [0.717, 1.165) is 24.3 Å². The van der Waals surface area contributed by atoms with E-state index in [9.17, 15) is 4.79 Å². The third kappa shape index (κ3) is 2.77. The maximum absolute atomic E-state index is 12.6. The Labute approximate surface area is 127 Å². The molecule has 110 valence electrons. The number of carbonyl (C=O) groups excluding carboxylic acids is 1. The Bertz CT molecular complexity index is 462. The first kappa shape index (κ1) is 15.5. The molecule has 0 spiro atoms. The molecule has 1 aromatic carbocycles. The molecular formula is C17H24ClNO. The van der Waals surface area contributed by atoms with E-state index in [-0.39, 0.29) is 11.5 Å². The minimum atomic E-state index is -0.0163. The summed E-state index contributed by atoms with van der Waals surface area (Å²) in [7, 11) is 4.04. The first-order valence-electron chi connectivity index (χ1n) is 7.46. The Balaban J connectivity index is 2.36. The molecule has 0 aliphatic heterocycles. The van der Waals surface area contributed by atoms with Crippen LogP contribution in [-0.2, 0) is 10.2 Å². The van der Waals surface area contributed by atoms with Crippen molar-refractivity contribution >= 4 is 17.4 Å². The molecule has 1 unspecified atom stereocenters. The van der Waals surface area contributed by atoms with Crippen LogP contribution in [-0.4, -0.2) is 30.8 Å². The highest BCUT2D eigenvalue weighted by Crippen LogP contribution is 2.48. The largest absolute Gasteiger partial charge is 0.299 e. The van der Waals surface area contributed by atoms with Crippen molar-refractivity contribution < 1.29 is 4.79 Å². The van der Waals surface area contributed by atoms with E-state index in [1.165, 1.54) is 12.0 Å². The van der Waals surface area contributed by atoms with Crippen LogP contribution in [0.25, 0.3) is 0 Å². The zero-order valence-corrected chi connectivity index (χ0v) is 13.4. The fourth-order valence-corrected chi connectivity index (χ4v) is 3.66. The van der Waals surface area contributed by atoms with Crippen LogP contribution in [0.2, 0.25) is 5.02 Å². The summed E-state index contributed by atoms with van der Waals surface area (Å²) in [5.41, 5.74) is 1.25. The molecule has 1 aliphatic rings. The van der Waals surface area contributed by atoms with Gasteiger partial charge in [0.25, 0.3) is 0 Å². The lowest BCUT2D eigenvalue weighted by Gasteiger charge is -2.50. The molecule has 1 fully saturated rings. The molecule has 20 heavy (non-hydrogen) atoms. The predicted molar refractivity (Wildman–Crippen MR) is 84.4 cm³/mol. The van der Waals surface area contributed by atoms with E-state index in [1.807, 2.05) is 26.2 Å². The number of halogens is 1. The monoisotopic (exact) mass is 293 g/mol. The number of nitrogens with zero attached hydrogens (tertiary/aromatic N) is 1. The number of ketones is 1. The molecular weight excluding hydrogens is 270 g/mol. The highest BCUT2D eigenvalue weighted by molar-refractivity contribution is 6.30. The average Bonchev–Trinajstić information content (AvgIpc) is 2.34. The summed E-state index contributed by atoms with van der Waals surface area (Å²) in [6.45, 7) is 2.07. The van der Waals surface area contributed by atoms with E-state index in [0.29, 0.717) is 12.2 Å². The normalized spacial score (nSPS) is 18.6. The molecule has 0 heterocycles. The van der Waals surface area contributed by atoms with Crippen molar-refractivity contribution in [1.82, 2.24) is 4.90 Å². The lowest BCUT2D eigenvalue weighted by Crippen LogP contribution is -2.56. The highest BCUT2D eigenvalue weighted by atomic mass is 35.5. The minimum absolute atomic E-state index is 0.0135. The van der Waals surface area contributed by atoms with E-state index < -0.39 is 0 Å². The quantitative estimate of drug-likeness (QED) is 0.788. The van der Waals surface area contributed by atoms with Crippen LogP contribution in [0.4, 0.5) is 0 Å². The van der Waals surface area contributed by atoms with Gasteiger partial charge in [-0.1, -0.05) is 37.1 Å². The third-order valence-corrected chi connectivity index (χ3v) is 4.76. The molecule has 2 nitrogen and oxygen atoms in total. The molecule has 0 bridgehead atoms. The number of hydrogen-bond donors (Lipinski definition) is 0. The van der Waals surface area contributed by atoms with E-state index in [4.69, 9.17) is 11.6 Å². The number of likely N-dealkylation sites (N-methyl/N-ethyl adjacent to an activating group) is 1. The van der Waals surface area contributed by atoms with Gasteiger partial charge in [0.1, 0.15) is 0 Å². The molecule has 2 rings (SSSR count). The van der Waals surface area contributed by atoms with Gasteiger partial charge in [-0.3, -0.25) is 9.69 Å². The standard InChI is InChI=1S/C17H24ClNO/c1-4-6-15(20)16(19(2)3)17(11-5-12-17)13-7-9-14(18)10-8-13/h7-10,16H,4-6,11-12H2,1-3H3. The maximum atomic E-state index is 12.6. The molecule has 1 aromatic rings. The molecule has 3 heteroatoms. The fraction of sp³-hybridized carbons (Fsp3) is 0.588. The maximum Gasteiger partial charge on any atom is 0.150 e. The predicted octanol–water partition coefficient (Wildman–Crippen LogP) is 4.06. The molecule has 0 amide bonds. The van der Waals surface area contributed by atoms with Crippen molar-refractivity contribution in [3.63, 3.8) is 0 Å². The zero-order chi connectivity index (χ0) is 14.8. The lowest BCUT2D eigenvalue weighted by molar-refractivity contribution is -0.127. The van der Waals surface area contributed by atoms with Crippen LogP contribution >= 0.6 is 11.6 Å². The number of hydrogen-bond acceptors (Lipinski definition) is 2. The Hall–Kier alpha value is -0.860. The molecule has 0 N–H and O–H groups in total. The van der Waals surface area contributed by atoms with Gasteiger partial charge in [0, 0.05) is 16.9 Å². The fourth-order valence-electron chi connectivity index (χ4n) is 3.53. The number of Topliss-reactive ketones (excluding diaryl/α,β-unsaturated/α-hetero) is 1. The van der Waals surface area contributed by atoms with Crippen molar-refractivity contribution in [3.05, 3.63) is 34.9 Å². The molecule has 1 atom stereocenters. The summed E-state index contributed by atoms with van der Waals surface area (Å²) < 4.78 is 0. The summed E-state index contributed by atoms with van der Waals surface area (Å²) in [5.74, 6) is 0.368.